The van der Waals surface area contributed by atoms with E-state index in [0.29, 0.717) is 12.3 Å². The highest BCUT2D eigenvalue weighted by Gasteiger charge is 2.32. The van der Waals surface area contributed by atoms with Crippen molar-refractivity contribution >= 4 is 17.4 Å². The standard InChI is InChI=1S/C23H23N3O3/c1-16(17-8-7-9-18(14-17)28-2)25-23(27)21-15-26(22-12-5-6-13-24-22)19-10-3-4-11-20(19)29-21/h3-14,16,21H,15H2,1-2H3,(H,25,27). The maximum Gasteiger partial charge on any atom is 0.263 e. The van der Waals surface area contributed by atoms with Crippen molar-refractivity contribution in [2.24, 2.45) is 0 Å². The SMILES string of the molecule is COc1cccc(C(C)NC(=O)C2CN(c3ccccn3)c3ccccc3O2)c1. The fraction of sp³-hybridized carbons (Fsp3) is 0.217. The Morgan fingerprint density at radius 2 is 2.00 bits per heavy atom. The van der Waals surface area contributed by atoms with Crippen LogP contribution in [0.5, 0.6) is 11.5 Å². The molecule has 6 nitrogen and oxygen atoms in total. The molecule has 4 rings (SSSR count). The summed E-state index contributed by atoms with van der Waals surface area (Å²) in [5, 5.41) is 3.05. The number of pyridine rings is 1. The fourth-order valence-electron chi connectivity index (χ4n) is 3.40. The highest BCUT2D eigenvalue weighted by molar-refractivity contribution is 5.84. The Morgan fingerprint density at radius 3 is 2.79 bits per heavy atom. The second kappa shape index (κ2) is 8.22. The maximum atomic E-state index is 13.0. The van der Waals surface area contributed by atoms with E-state index in [9.17, 15) is 4.79 Å². The Balaban J connectivity index is 1.54. The fourth-order valence-corrected chi connectivity index (χ4v) is 3.40. The number of nitrogens with one attached hydrogen (secondary N) is 1. The molecule has 1 aliphatic rings. The second-order valence-electron chi connectivity index (χ2n) is 6.88. The number of aromatic nitrogens is 1. The lowest BCUT2D eigenvalue weighted by Gasteiger charge is -2.35. The summed E-state index contributed by atoms with van der Waals surface area (Å²) in [7, 11) is 1.63. The minimum Gasteiger partial charge on any atom is -0.497 e. The molecule has 1 N–H and O–H groups in total. The van der Waals surface area contributed by atoms with E-state index in [2.05, 4.69) is 10.3 Å². The van der Waals surface area contributed by atoms with Crippen LogP contribution in [0.4, 0.5) is 11.5 Å². The van der Waals surface area contributed by atoms with Gasteiger partial charge in [-0.25, -0.2) is 4.98 Å². The number of methoxy groups -OCH3 is 1. The van der Waals surface area contributed by atoms with Gasteiger partial charge in [-0.15, -0.1) is 0 Å². The minimum atomic E-state index is -0.653. The summed E-state index contributed by atoms with van der Waals surface area (Å²) in [5.41, 5.74) is 1.87. The third-order valence-corrected chi connectivity index (χ3v) is 4.94. The van der Waals surface area contributed by atoms with Crippen LogP contribution in [0.25, 0.3) is 0 Å². The first-order valence-electron chi connectivity index (χ1n) is 9.54. The first-order chi connectivity index (χ1) is 14.2. The zero-order valence-corrected chi connectivity index (χ0v) is 16.4. The van der Waals surface area contributed by atoms with Crippen molar-refractivity contribution in [1.29, 1.82) is 0 Å². The number of para-hydroxylation sites is 2. The van der Waals surface area contributed by atoms with Gasteiger partial charge in [0.2, 0.25) is 0 Å². The van der Waals surface area contributed by atoms with Crippen molar-refractivity contribution in [3.63, 3.8) is 0 Å². The summed E-state index contributed by atoms with van der Waals surface area (Å²) in [4.78, 5) is 19.5. The second-order valence-corrected chi connectivity index (χ2v) is 6.88. The number of ether oxygens (including phenoxy) is 2. The Bertz CT molecular complexity index is 993. The Hall–Kier alpha value is -3.54. The summed E-state index contributed by atoms with van der Waals surface area (Å²) >= 11 is 0. The number of nitrogens with zero attached hydrogens (tertiary/aromatic N) is 2. The summed E-state index contributed by atoms with van der Waals surface area (Å²) in [6, 6.07) is 20.9. The third kappa shape index (κ3) is 4.01. The van der Waals surface area contributed by atoms with Gasteiger partial charge >= 0.3 is 0 Å². The summed E-state index contributed by atoms with van der Waals surface area (Å²) in [6.45, 7) is 2.32. The molecule has 148 valence electrons. The van der Waals surface area contributed by atoms with Crippen LogP contribution in [0.15, 0.2) is 72.9 Å². The molecule has 3 aromatic rings. The lowest BCUT2D eigenvalue weighted by Crippen LogP contribution is -2.48. The number of rotatable bonds is 5. The van der Waals surface area contributed by atoms with Crippen LogP contribution in [0.1, 0.15) is 18.5 Å². The smallest absolute Gasteiger partial charge is 0.263 e. The third-order valence-electron chi connectivity index (χ3n) is 4.94. The van der Waals surface area contributed by atoms with Gasteiger partial charge in [-0.05, 0) is 48.9 Å². The molecule has 1 aliphatic heterocycles. The van der Waals surface area contributed by atoms with Crippen LogP contribution in [-0.4, -0.2) is 30.6 Å². The number of fused-ring (bicyclic) bond motifs is 1. The largest absolute Gasteiger partial charge is 0.497 e. The number of carbonyl (C=O) groups excluding carboxylic acids is 1. The van der Waals surface area contributed by atoms with E-state index in [4.69, 9.17) is 9.47 Å². The zero-order valence-electron chi connectivity index (χ0n) is 16.4. The number of carbonyl (C=O) groups is 1. The molecular weight excluding hydrogens is 366 g/mol. The van der Waals surface area contributed by atoms with Crippen molar-refractivity contribution in [3.05, 3.63) is 78.5 Å². The number of amides is 1. The maximum absolute atomic E-state index is 13.0. The predicted molar refractivity (Wildman–Crippen MR) is 112 cm³/mol. The number of hydrogen-bond acceptors (Lipinski definition) is 5. The van der Waals surface area contributed by atoms with Gasteiger partial charge < -0.3 is 19.7 Å². The molecule has 0 aliphatic carbocycles. The Kier molecular flexibility index (Phi) is 5.33. The van der Waals surface area contributed by atoms with Crippen LogP contribution in [0, 0.1) is 0 Å². The quantitative estimate of drug-likeness (QED) is 0.718. The highest BCUT2D eigenvalue weighted by Crippen LogP contribution is 2.37. The topological polar surface area (TPSA) is 63.7 Å². The van der Waals surface area contributed by atoms with Gasteiger partial charge in [-0.2, -0.15) is 0 Å². The molecule has 2 heterocycles. The average molecular weight is 389 g/mol. The molecule has 6 heteroatoms. The van der Waals surface area contributed by atoms with Gasteiger partial charge in [0.05, 0.1) is 25.4 Å². The molecule has 1 amide bonds. The van der Waals surface area contributed by atoms with Crippen molar-refractivity contribution in [1.82, 2.24) is 10.3 Å². The van der Waals surface area contributed by atoms with E-state index in [0.717, 1.165) is 22.8 Å². The molecule has 0 spiro atoms. The highest BCUT2D eigenvalue weighted by atomic mass is 16.5. The molecule has 0 saturated carbocycles. The number of benzene rings is 2. The molecule has 29 heavy (non-hydrogen) atoms. The molecule has 0 fully saturated rings. The Morgan fingerprint density at radius 1 is 1.17 bits per heavy atom. The van der Waals surface area contributed by atoms with Gasteiger partial charge in [0.15, 0.2) is 6.10 Å². The molecule has 2 aromatic carbocycles. The van der Waals surface area contributed by atoms with E-state index < -0.39 is 6.10 Å². The van der Waals surface area contributed by atoms with E-state index in [-0.39, 0.29) is 11.9 Å². The van der Waals surface area contributed by atoms with E-state index in [1.807, 2.05) is 78.6 Å². The van der Waals surface area contributed by atoms with Gasteiger partial charge in [0, 0.05) is 6.20 Å². The average Bonchev–Trinajstić information content (AvgIpc) is 2.78. The lowest BCUT2D eigenvalue weighted by molar-refractivity contribution is -0.128. The molecule has 0 radical (unpaired) electrons. The van der Waals surface area contributed by atoms with E-state index in [1.165, 1.54) is 0 Å². The predicted octanol–water partition coefficient (Wildman–Crippen LogP) is 3.87. The first-order valence-corrected chi connectivity index (χ1v) is 9.54. The van der Waals surface area contributed by atoms with Gasteiger partial charge in [-0.1, -0.05) is 30.3 Å². The van der Waals surface area contributed by atoms with Crippen LogP contribution < -0.4 is 19.7 Å². The summed E-state index contributed by atoms with van der Waals surface area (Å²) < 4.78 is 11.3. The molecule has 2 unspecified atom stereocenters. The molecule has 2 atom stereocenters. The first kappa shape index (κ1) is 18.8. The molecule has 0 bridgehead atoms. The van der Waals surface area contributed by atoms with Crippen molar-refractivity contribution in [2.75, 3.05) is 18.6 Å². The summed E-state index contributed by atoms with van der Waals surface area (Å²) in [5.74, 6) is 2.03. The monoisotopic (exact) mass is 389 g/mol. The van der Waals surface area contributed by atoms with E-state index >= 15 is 0 Å². The normalized spacial score (nSPS) is 16.3. The van der Waals surface area contributed by atoms with Crippen molar-refractivity contribution < 1.29 is 14.3 Å². The Labute approximate surface area is 170 Å². The van der Waals surface area contributed by atoms with Crippen molar-refractivity contribution in [2.45, 2.75) is 19.1 Å². The van der Waals surface area contributed by atoms with Crippen LogP contribution in [0.3, 0.4) is 0 Å². The van der Waals surface area contributed by atoms with Crippen LogP contribution in [0.2, 0.25) is 0 Å². The van der Waals surface area contributed by atoms with Crippen LogP contribution >= 0.6 is 0 Å². The lowest BCUT2D eigenvalue weighted by atomic mass is 10.1. The van der Waals surface area contributed by atoms with Crippen molar-refractivity contribution in [3.8, 4) is 11.5 Å². The molecular formula is C23H23N3O3. The summed E-state index contributed by atoms with van der Waals surface area (Å²) in [6.07, 6.45) is 1.09. The van der Waals surface area contributed by atoms with Gasteiger partial charge in [0.1, 0.15) is 17.3 Å². The minimum absolute atomic E-state index is 0.171. The number of hydrogen-bond donors (Lipinski definition) is 1. The molecule has 1 aromatic heterocycles. The van der Waals surface area contributed by atoms with Crippen LogP contribution in [-0.2, 0) is 4.79 Å². The van der Waals surface area contributed by atoms with E-state index in [1.54, 1.807) is 13.3 Å². The zero-order chi connectivity index (χ0) is 20.2. The van der Waals surface area contributed by atoms with Gasteiger partial charge in [-0.3, -0.25) is 4.79 Å². The molecule has 0 saturated heterocycles. The van der Waals surface area contributed by atoms with Gasteiger partial charge in [0.25, 0.3) is 5.91 Å². The number of anilines is 2.